The smallest absolute Gasteiger partial charge is 0.321 e. The molecule has 0 spiro atoms. The molecule has 19 heavy (non-hydrogen) atoms. The van der Waals surface area contributed by atoms with Crippen LogP contribution in [0.2, 0.25) is 0 Å². The van der Waals surface area contributed by atoms with Crippen LogP contribution in [0.3, 0.4) is 0 Å². The van der Waals surface area contributed by atoms with Crippen molar-refractivity contribution in [2.24, 2.45) is 5.92 Å². The van der Waals surface area contributed by atoms with Crippen LogP contribution in [-0.2, 0) is 0 Å². The van der Waals surface area contributed by atoms with Crippen LogP contribution in [0.15, 0.2) is 11.6 Å². The topological polar surface area (TPSA) is 45.2 Å². The molecule has 1 aliphatic carbocycles. The summed E-state index contributed by atoms with van der Waals surface area (Å²) >= 11 is 1.48. The molecule has 0 unspecified atom stereocenters. The SMILES string of the molecule is O=C(Nc1nccs1)N1CCCC[C@@H]2CCCC[C@@H]21. The Bertz CT molecular complexity index is 420. The number of urea groups is 1. The van der Waals surface area contributed by atoms with E-state index in [2.05, 4.69) is 15.2 Å². The van der Waals surface area contributed by atoms with Gasteiger partial charge in [-0.2, -0.15) is 0 Å². The zero-order valence-corrected chi connectivity index (χ0v) is 12.0. The number of nitrogens with one attached hydrogen (secondary N) is 1. The van der Waals surface area contributed by atoms with E-state index in [0.29, 0.717) is 11.2 Å². The molecule has 5 heteroatoms. The molecule has 0 bridgehead atoms. The molecule has 0 aromatic carbocycles. The highest BCUT2D eigenvalue weighted by molar-refractivity contribution is 7.13. The van der Waals surface area contributed by atoms with Crippen molar-refractivity contribution in [1.29, 1.82) is 0 Å². The summed E-state index contributed by atoms with van der Waals surface area (Å²) in [6, 6.07) is 0.505. The van der Waals surface area contributed by atoms with Gasteiger partial charge in [0.05, 0.1) is 0 Å². The van der Waals surface area contributed by atoms with Gasteiger partial charge in [-0.05, 0) is 31.6 Å². The largest absolute Gasteiger partial charge is 0.323 e. The number of aromatic nitrogens is 1. The second kappa shape index (κ2) is 5.90. The quantitative estimate of drug-likeness (QED) is 0.851. The molecular weight excluding hydrogens is 258 g/mol. The molecule has 2 heterocycles. The first-order valence-corrected chi connectivity index (χ1v) is 8.19. The highest BCUT2D eigenvalue weighted by Crippen LogP contribution is 2.34. The Morgan fingerprint density at radius 1 is 1.26 bits per heavy atom. The third kappa shape index (κ3) is 2.91. The third-order valence-electron chi connectivity index (χ3n) is 4.40. The second-order valence-corrected chi connectivity index (χ2v) is 6.46. The Morgan fingerprint density at radius 3 is 2.84 bits per heavy atom. The fourth-order valence-electron chi connectivity index (χ4n) is 3.49. The summed E-state index contributed by atoms with van der Waals surface area (Å²) < 4.78 is 0. The highest BCUT2D eigenvalue weighted by atomic mass is 32.1. The van der Waals surface area contributed by atoms with E-state index in [4.69, 9.17) is 0 Å². The normalized spacial score (nSPS) is 27.5. The average molecular weight is 279 g/mol. The van der Waals surface area contributed by atoms with Crippen molar-refractivity contribution in [2.75, 3.05) is 11.9 Å². The van der Waals surface area contributed by atoms with Crippen LogP contribution in [0.25, 0.3) is 0 Å². The van der Waals surface area contributed by atoms with Gasteiger partial charge in [0.15, 0.2) is 5.13 Å². The number of carbonyl (C=O) groups is 1. The lowest BCUT2D eigenvalue weighted by molar-refractivity contribution is 0.138. The van der Waals surface area contributed by atoms with Crippen LogP contribution in [0.1, 0.15) is 44.9 Å². The number of nitrogens with zero attached hydrogens (tertiary/aromatic N) is 2. The molecule has 2 amide bonds. The number of hydrogen-bond acceptors (Lipinski definition) is 3. The van der Waals surface area contributed by atoms with Crippen LogP contribution >= 0.6 is 11.3 Å². The number of amides is 2. The Kier molecular flexibility index (Phi) is 4.01. The standard InChI is InChI=1S/C14H21N3OS/c18-14(16-13-15-8-10-19-13)17-9-4-3-6-11-5-1-2-7-12(11)17/h8,10-12H,1-7,9H2,(H,15,16,18)/t11-,12-/m0/s1. The zero-order valence-electron chi connectivity index (χ0n) is 11.2. The molecule has 1 N–H and O–H groups in total. The summed E-state index contributed by atoms with van der Waals surface area (Å²) in [5.41, 5.74) is 0. The van der Waals surface area contributed by atoms with Gasteiger partial charge in [0.2, 0.25) is 0 Å². The van der Waals surface area contributed by atoms with Gasteiger partial charge in [0, 0.05) is 24.2 Å². The Balaban J connectivity index is 1.71. The van der Waals surface area contributed by atoms with Crippen molar-refractivity contribution >= 4 is 22.5 Å². The van der Waals surface area contributed by atoms with Gasteiger partial charge in [0.25, 0.3) is 0 Å². The van der Waals surface area contributed by atoms with E-state index < -0.39 is 0 Å². The summed E-state index contributed by atoms with van der Waals surface area (Å²) in [6.45, 7) is 0.901. The van der Waals surface area contributed by atoms with Crippen LogP contribution in [0.4, 0.5) is 9.93 Å². The van der Waals surface area contributed by atoms with Crippen molar-refractivity contribution < 1.29 is 4.79 Å². The number of hydrogen-bond donors (Lipinski definition) is 1. The monoisotopic (exact) mass is 279 g/mol. The number of fused-ring (bicyclic) bond motifs is 1. The van der Waals surface area contributed by atoms with Crippen molar-refractivity contribution in [2.45, 2.75) is 51.0 Å². The lowest BCUT2D eigenvalue weighted by Crippen LogP contribution is -2.47. The fourth-order valence-corrected chi connectivity index (χ4v) is 4.01. The third-order valence-corrected chi connectivity index (χ3v) is 5.09. The first-order chi connectivity index (χ1) is 9.34. The van der Waals surface area contributed by atoms with Gasteiger partial charge in [0.1, 0.15) is 0 Å². The van der Waals surface area contributed by atoms with Crippen LogP contribution in [-0.4, -0.2) is 28.5 Å². The Labute approximate surface area is 118 Å². The zero-order chi connectivity index (χ0) is 13.1. The van der Waals surface area contributed by atoms with E-state index in [1.807, 2.05) is 5.38 Å². The molecule has 1 aliphatic heterocycles. The number of likely N-dealkylation sites (tertiary alicyclic amines) is 1. The molecule has 1 aromatic rings. The predicted molar refractivity (Wildman–Crippen MR) is 77.4 cm³/mol. The van der Waals surface area contributed by atoms with Crippen LogP contribution in [0, 0.1) is 5.92 Å². The van der Waals surface area contributed by atoms with E-state index >= 15 is 0 Å². The Morgan fingerprint density at radius 2 is 2.05 bits per heavy atom. The van der Waals surface area contributed by atoms with Crippen LogP contribution in [0.5, 0.6) is 0 Å². The summed E-state index contributed by atoms with van der Waals surface area (Å²) in [6.07, 6.45) is 10.5. The van der Waals surface area contributed by atoms with E-state index in [1.165, 1.54) is 49.9 Å². The second-order valence-electron chi connectivity index (χ2n) is 5.57. The van der Waals surface area contributed by atoms with Gasteiger partial charge in [-0.3, -0.25) is 5.32 Å². The van der Waals surface area contributed by atoms with Gasteiger partial charge < -0.3 is 4.90 Å². The number of anilines is 1. The van der Waals surface area contributed by atoms with E-state index in [0.717, 1.165) is 18.9 Å². The molecule has 3 rings (SSSR count). The maximum Gasteiger partial charge on any atom is 0.323 e. The van der Waals surface area contributed by atoms with E-state index in [1.54, 1.807) is 6.20 Å². The fraction of sp³-hybridized carbons (Fsp3) is 0.714. The van der Waals surface area contributed by atoms with E-state index in [-0.39, 0.29) is 6.03 Å². The summed E-state index contributed by atoms with van der Waals surface area (Å²) in [4.78, 5) is 18.7. The van der Waals surface area contributed by atoms with Crippen LogP contribution < -0.4 is 5.32 Å². The predicted octanol–water partition coefficient (Wildman–Crippen LogP) is 3.72. The van der Waals surface area contributed by atoms with E-state index in [9.17, 15) is 4.79 Å². The maximum atomic E-state index is 12.5. The minimum Gasteiger partial charge on any atom is -0.321 e. The number of thiazole rings is 1. The van der Waals surface area contributed by atoms with Gasteiger partial charge in [-0.15, -0.1) is 11.3 Å². The molecule has 1 saturated carbocycles. The van der Waals surface area contributed by atoms with Gasteiger partial charge in [-0.25, -0.2) is 9.78 Å². The van der Waals surface area contributed by atoms with Gasteiger partial charge in [-0.1, -0.05) is 19.3 Å². The molecular formula is C14H21N3OS. The minimum atomic E-state index is 0.0498. The first kappa shape index (κ1) is 12.9. The summed E-state index contributed by atoms with van der Waals surface area (Å²) in [5, 5.41) is 5.55. The van der Waals surface area contributed by atoms with Crippen molar-refractivity contribution in [3.63, 3.8) is 0 Å². The molecule has 1 saturated heterocycles. The van der Waals surface area contributed by atoms with Gasteiger partial charge >= 0.3 is 6.03 Å². The molecule has 2 atom stereocenters. The number of carbonyl (C=O) groups excluding carboxylic acids is 1. The molecule has 4 nitrogen and oxygen atoms in total. The lowest BCUT2D eigenvalue weighted by atomic mass is 9.82. The van der Waals surface area contributed by atoms with Crippen molar-refractivity contribution in [1.82, 2.24) is 9.88 Å². The maximum absolute atomic E-state index is 12.5. The van der Waals surface area contributed by atoms with Crippen molar-refractivity contribution in [3.8, 4) is 0 Å². The molecule has 2 aliphatic rings. The molecule has 0 radical (unpaired) electrons. The molecule has 1 aromatic heterocycles. The highest BCUT2D eigenvalue weighted by Gasteiger charge is 2.34. The Hall–Kier alpha value is -1.10. The average Bonchev–Trinajstić information content (AvgIpc) is 2.83. The first-order valence-electron chi connectivity index (χ1n) is 7.32. The summed E-state index contributed by atoms with van der Waals surface area (Å²) in [7, 11) is 0. The number of rotatable bonds is 1. The molecule has 104 valence electrons. The minimum absolute atomic E-state index is 0.0498. The summed E-state index contributed by atoms with van der Waals surface area (Å²) in [5.74, 6) is 0.721. The van der Waals surface area contributed by atoms with Crippen molar-refractivity contribution in [3.05, 3.63) is 11.6 Å². The lowest BCUT2D eigenvalue weighted by Gasteiger charge is -2.38. The molecule has 2 fully saturated rings.